The molecule has 0 saturated heterocycles. The minimum absolute atomic E-state index is 0.287. The van der Waals surface area contributed by atoms with Crippen molar-refractivity contribution in [3.8, 4) is 6.07 Å². The van der Waals surface area contributed by atoms with Crippen molar-refractivity contribution < 1.29 is 9.53 Å². The van der Waals surface area contributed by atoms with Crippen molar-refractivity contribution >= 4 is 11.8 Å². The number of anilines is 1. The number of nitriles is 1. The minimum atomic E-state index is -0.529. The van der Waals surface area contributed by atoms with E-state index < -0.39 is 5.60 Å². The third-order valence-electron chi connectivity index (χ3n) is 4.18. The zero-order valence-corrected chi connectivity index (χ0v) is 15.3. The van der Waals surface area contributed by atoms with E-state index in [0.29, 0.717) is 13.1 Å². The fraction of sp³-hybridized carbons (Fsp3) is 0.579. The lowest BCUT2D eigenvalue weighted by Gasteiger charge is -2.36. The van der Waals surface area contributed by atoms with E-state index in [9.17, 15) is 10.1 Å². The number of hydrazine groups is 1. The van der Waals surface area contributed by atoms with Crippen molar-refractivity contribution in [1.29, 1.82) is 5.26 Å². The summed E-state index contributed by atoms with van der Waals surface area (Å²) in [7, 11) is 0. The maximum atomic E-state index is 12.5. The van der Waals surface area contributed by atoms with Gasteiger partial charge in [0, 0.05) is 13.1 Å². The van der Waals surface area contributed by atoms with Crippen LogP contribution in [0.4, 0.5) is 10.5 Å². The van der Waals surface area contributed by atoms with Crippen molar-refractivity contribution in [2.45, 2.75) is 58.5 Å². The largest absolute Gasteiger partial charge is 0.442 e. The molecule has 0 atom stereocenters. The molecule has 1 aromatic rings. The van der Waals surface area contributed by atoms with Crippen LogP contribution < -0.4 is 5.01 Å². The lowest BCUT2D eigenvalue weighted by atomic mass is 9.97. The summed E-state index contributed by atoms with van der Waals surface area (Å²) in [6, 6.07) is 10.4. The van der Waals surface area contributed by atoms with Crippen molar-refractivity contribution in [2.75, 3.05) is 18.1 Å². The maximum absolute atomic E-state index is 12.5. The van der Waals surface area contributed by atoms with Crippen molar-refractivity contribution in [2.24, 2.45) is 0 Å². The summed E-state index contributed by atoms with van der Waals surface area (Å²) in [6.45, 7) is 10.7. The Morgan fingerprint density at radius 3 is 2.17 bits per heavy atom. The molecule has 130 valence electrons. The summed E-state index contributed by atoms with van der Waals surface area (Å²) in [4.78, 5) is 12.5. The van der Waals surface area contributed by atoms with Crippen LogP contribution in [0.2, 0.25) is 0 Å². The summed E-state index contributed by atoms with van der Waals surface area (Å²) in [6.07, 6.45) is 1.50. The normalized spacial score (nSPS) is 15.3. The quantitative estimate of drug-likeness (QED) is 0.758. The molecule has 1 saturated carbocycles. The summed E-state index contributed by atoms with van der Waals surface area (Å²) in [5.74, 6) is 0. The van der Waals surface area contributed by atoms with Gasteiger partial charge in [-0.25, -0.2) is 9.80 Å². The molecule has 1 amide bonds. The predicted octanol–water partition coefficient (Wildman–Crippen LogP) is 4.24. The molecule has 0 heterocycles. The first-order valence-corrected chi connectivity index (χ1v) is 8.56. The molecular formula is C19H27N3O2. The van der Waals surface area contributed by atoms with Crippen LogP contribution >= 0.6 is 0 Å². The van der Waals surface area contributed by atoms with Crippen molar-refractivity contribution in [1.82, 2.24) is 5.01 Å². The Balaban J connectivity index is 2.20. The molecule has 0 unspecified atom stereocenters. The molecule has 1 aliphatic carbocycles. The predicted molar refractivity (Wildman–Crippen MR) is 94.6 cm³/mol. The Bertz CT molecular complexity index is 621. The van der Waals surface area contributed by atoms with Crippen LogP contribution in [0.3, 0.4) is 0 Å². The van der Waals surface area contributed by atoms with E-state index in [-0.39, 0.29) is 11.5 Å². The highest BCUT2D eigenvalue weighted by atomic mass is 16.6. The number of amides is 1. The number of nitrogens with zero attached hydrogens (tertiary/aromatic N) is 3. The van der Waals surface area contributed by atoms with E-state index in [0.717, 1.165) is 24.1 Å². The van der Waals surface area contributed by atoms with Gasteiger partial charge in [0.1, 0.15) is 5.60 Å². The van der Waals surface area contributed by atoms with Crippen LogP contribution in [0.5, 0.6) is 0 Å². The Hall–Kier alpha value is -2.22. The van der Waals surface area contributed by atoms with Crippen molar-refractivity contribution in [3.63, 3.8) is 0 Å². The van der Waals surface area contributed by atoms with Gasteiger partial charge in [0.15, 0.2) is 0 Å². The molecule has 5 heteroatoms. The lowest BCUT2D eigenvalue weighted by Crippen LogP contribution is -2.48. The molecule has 5 nitrogen and oxygen atoms in total. The minimum Gasteiger partial charge on any atom is -0.442 e. The van der Waals surface area contributed by atoms with Gasteiger partial charge >= 0.3 is 6.09 Å². The van der Waals surface area contributed by atoms with Crippen LogP contribution in [0.15, 0.2) is 24.3 Å². The molecule has 2 rings (SSSR count). The summed E-state index contributed by atoms with van der Waals surface area (Å²) in [5, 5.41) is 12.8. The number of carbonyl (C=O) groups excluding carboxylic acids is 1. The Morgan fingerprint density at radius 1 is 1.21 bits per heavy atom. The molecule has 1 fully saturated rings. The van der Waals surface area contributed by atoms with Crippen LogP contribution in [-0.4, -0.2) is 29.8 Å². The summed E-state index contributed by atoms with van der Waals surface area (Å²) in [5.41, 5.74) is 1.16. The lowest BCUT2D eigenvalue weighted by molar-refractivity contribution is 0.0237. The Morgan fingerprint density at radius 2 is 1.79 bits per heavy atom. The molecule has 0 spiro atoms. The third kappa shape index (κ3) is 3.81. The van der Waals surface area contributed by atoms with E-state index in [4.69, 9.17) is 4.74 Å². The number of benzene rings is 1. The van der Waals surface area contributed by atoms with E-state index in [1.165, 1.54) is 0 Å². The van der Waals surface area contributed by atoms with Gasteiger partial charge in [-0.1, -0.05) is 12.1 Å². The topological polar surface area (TPSA) is 56.6 Å². The molecule has 0 radical (unpaired) electrons. The Labute approximate surface area is 144 Å². The molecule has 0 bridgehead atoms. The number of hydrogen-bond acceptors (Lipinski definition) is 4. The second-order valence-electron chi connectivity index (χ2n) is 7.15. The number of rotatable bonds is 5. The van der Waals surface area contributed by atoms with Gasteiger partial charge in [0.2, 0.25) is 0 Å². The smallest absolute Gasteiger partial charge is 0.429 e. The zero-order chi connectivity index (χ0) is 18.0. The number of hydrogen-bond donors (Lipinski definition) is 0. The number of ether oxygens (including phenoxy) is 1. The van der Waals surface area contributed by atoms with Gasteiger partial charge in [-0.05, 0) is 65.2 Å². The standard InChI is InChI=1S/C19H27N3O2/c1-6-21(22(7-2)17(23)24-18(3,4)5)16-10-8-15(9-11-16)19(14-20)12-13-19/h8-11H,6-7,12-13H2,1-5H3. The molecule has 1 aromatic carbocycles. The first-order valence-electron chi connectivity index (χ1n) is 8.56. The zero-order valence-electron chi connectivity index (χ0n) is 15.3. The maximum Gasteiger partial charge on any atom is 0.429 e. The fourth-order valence-corrected chi connectivity index (χ4v) is 2.75. The first kappa shape index (κ1) is 18.1. The first-order chi connectivity index (χ1) is 11.3. The van der Waals surface area contributed by atoms with Gasteiger partial charge in [-0.2, -0.15) is 5.26 Å². The molecule has 0 aromatic heterocycles. The highest BCUT2D eigenvalue weighted by Crippen LogP contribution is 2.47. The molecule has 1 aliphatic rings. The second-order valence-corrected chi connectivity index (χ2v) is 7.15. The molecular weight excluding hydrogens is 302 g/mol. The van der Waals surface area contributed by atoms with E-state index in [1.54, 1.807) is 5.01 Å². The van der Waals surface area contributed by atoms with Crippen LogP contribution in [-0.2, 0) is 10.2 Å². The second kappa shape index (κ2) is 6.72. The van der Waals surface area contributed by atoms with Gasteiger partial charge in [0.05, 0.1) is 17.2 Å². The van der Waals surface area contributed by atoms with Crippen molar-refractivity contribution in [3.05, 3.63) is 29.8 Å². The summed E-state index contributed by atoms with van der Waals surface area (Å²) >= 11 is 0. The molecule has 24 heavy (non-hydrogen) atoms. The van der Waals surface area contributed by atoms with Gasteiger partial charge in [-0.3, -0.25) is 5.01 Å². The van der Waals surface area contributed by atoms with Gasteiger partial charge in [-0.15, -0.1) is 0 Å². The van der Waals surface area contributed by atoms with Crippen LogP contribution in [0.25, 0.3) is 0 Å². The van der Waals surface area contributed by atoms with E-state index in [1.807, 2.05) is 63.9 Å². The van der Waals surface area contributed by atoms with Gasteiger partial charge < -0.3 is 4.74 Å². The van der Waals surface area contributed by atoms with Crippen LogP contribution in [0.1, 0.15) is 53.0 Å². The van der Waals surface area contributed by atoms with E-state index >= 15 is 0 Å². The Kier molecular flexibility index (Phi) is 5.08. The SMILES string of the molecule is CCN(C(=O)OC(C)(C)C)N(CC)c1ccc(C2(C#N)CC2)cc1. The number of carbonyl (C=O) groups is 1. The third-order valence-corrected chi connectivity index (χ3v) is 4.18. The average Bonchev–Trinajstić information content (AvgIpc) is 3.32. The van der Waals surface area contributed by atoms with Gasteiger partial charge in [0.25, 0.3) is 0 Å². The van der Waals surface area contributed by atoms with Crippen LogP contribution in [0, 0.1) is 11.3 Å². The monoisotopic (exact) mass is 329 g/mol. The molecule has 0 N–H and O–H groups in total. The fourth-order valence-electron chi connectivity index (χ4n) is 2.75. The highest BCUT2D eigenvalue weighted by Gasteiger charge is 2.44. The molecule has 0 aliphatic heterocycles. The highest BCUT2D eigenvalue weighted by molar-refractivity contribution is 5.71. The van der Waals surface area contributed by atoms with E-state index in [2.05, 4.69) is 6.07 Å². The summed E-state index contributed by atoms with van der Waals surface area (Å²) < 4.78 is 5.50. The average molecular weight is 329 g/mol.